The molecule has 1 atom stereocenters. The van der Waals surface area contributed by atoms with Crippen molar-refractivity contribution in [1.82, 2.24) is 14.9 Å². The van der Waals surface area contributed by atoms with Crippen LogP contribution in [0.25, 0.3) is 10.9 Å². The van der Waals surface area contributed by atoms with Gasteiger partial charge in [0.15, 0.2) is 0 Å². The number of fused-ring (bicyclic) bond motifs is 1. The standard InChI is InChI=1S/C18H18ClN3O/c1-12(20-11-13-6-4-3-5-7-13)17-21-16-9-8-14(19)10-15(16)18(23)22(17)2/h3-10,12,20H,11H2,1-2H3/t12-/m0/s1. The molecule has 3 aromatic rings. The lowest BCUT2D eigenvalue weighted by Crippen LogP contribution is -2.29. The number of nitrogens with one attached hydrogen (secondary N) is 1. The Balaban J connectivity index is 1.91. The van der Waals surface area contributed by atoms with Gasteiger partial charge in [-0.1, -0.05) is 41.9 Å². The van der Waals surface area contributed by atoms with E-state index in [0.717, 1.165) is 6.54 Å². The summed E-state index contributed by atoms with van der Waals surface area (Å²) in [5, 5.41) is 4.49. The summed E-state index contributed by atoms with van der Waals surface area (Å²) in [4.78, 5) is 17.1. The Morgan fingerprint density at radius 2 is 1.96 bits per heavy atom. The fraction of sp³-hybridized carbons (Fsp3) is 0.222. The lowest BCUT2D eigenvalue weighted by atomic mass is 10.2. The van der Waals surface area contributed by atoms with Crippen molar-refractivity contribution in [3.05, 3.63) is 75.3 Å². The molecule has 0 saturated carbocycles. The fourth-order valence-electron chi connectivity index (χ4n) is 2.61. The van der Waals surface area contributed by atoms with Crippen molar-refractivity contribution in [2.75, 3.05) is 0 Å². The first-order valence-electron chi connectivity index (χ1n) is 7.50. The maximum Gasteiger partial charge on any atom is 0.261 e. The molecule has 23 heavy (non-hydrogen) atoms. The van der Waals surface area contributed by atoms with E-state index in [0.29, 0.717) is 21.7 Å². The van der Waals surface area contributed by atoms with E-state index in [2.05, 4.69) is 22.4 Å². The number of hydrogen-bond acceptors (Lipinski definition) is 3. The summed E-state index contributed by atoms with van der Waals surface area (Å²) in [5.74, 6) is 0.709. The van der Waals surface area contributed by atoms with Crippen LogP contribution in [-0.4, -0.2) is 9.55 Å². The minimum Gasteiger partial charge on any atom is -0.303 e. The van der Waals surface area contributed by atoms with Gasteiger partial charge in [-0.15, -0.1) is 0 Å². The van der Waals surface area contributed by atoms with Crippen LogP contribution in [-0.2, 0) is 13.6 Å². The van der Waals surface area contributed by atoms with Gasteiger partial charge in [0, 0.05) is 18.6 Å². The molecule has 2 aromatic carbocycles. The van der Waals surface area contributed by atoms with E-state index in [-0.39, 0.29) is 11.6 Å². The average molecular weight is 328 g/mol. The molecule has 0 radical (unpaired) electrons. The normalized spacial score (nSPS) is 12.5. The van der Waals surface area contributed by atoms with Crippen molar-refractivity contribution in [1.29, 1.82) is 0 Å². The van der Waals surface area contributed by atoms with Crippen LogP contribution in [0.4, 0.5) is 0 Å². The zero-order valence-corrected chi connectivity index (χ0v) is 13.8. The summed E-state index contributed by atoms with van der Waals surface area (Å²) in [6.07, 6.45) is 0. The van der Waals surface area contributed by atoms with Crippen molar-refractivity contribution < 1.29 is 0 Å². The van der Waals surface area contributed by atoms with E-state index in [1.807, 2.05) is 25.1 Å². The summed E-state index contributed by atoms with van der Waals surface area (Å²) < 4.78 is 1.58. The topological polar surface area (TPSA) is 46.9 Å². The molecule has 0 spiro atoms. The Bertz CT molecular complexity index is 890. The number of rotatable bonds is 4. The van der Waals surface area contributed by atoms with Crippen LogP contribution >= 0.6 is 11.6 Å². The number of aromatic nitrogens is 2. The molecule has 1 N–H and O–H groups in total. The first-order chi connectivity index (χ1) is 11.1. The first-order valence-corrected chi connectivity index (χ1v) is 7.87. The predicted molar refractivity (Wildman–Crippen MR) is 93.7 cm³/mol. The smallest absolute Gasteiger partial charge is 0.261 e. The Kier molecular flexibility index (Phi) is 4.46. The maximum atomic E-state index is 12.5. The summed E-state index contributed by atoms with van der Waals surface area (Å²) in [5.41, 5.74) is 1.78. The molecule has 5 heteroatoms. The SMILES string of the molecule is C[C@H](NCc1ccccc1)c1nc2ccc(Cl)cc2c(=O)n1C. The fourth-order valence-corrected chi connectivity index (χ4v) is 2.78. The van der Waals surface area contributed by atoms with Crippen molar-refractivity contribution in [2.24, 2.45) is 7.05 Å². The monoisotopic (exact) mass is 327 g/mol. The lowest BCUT2D eigenvalue weighted by Gasteiger charge is -2.17. The van der Waals surface area contributed by atoms with E-state index >= 15 is 0 Å². The molecule has 0 aliphatic carbocycles. The molecule has 4 nitrogen and oxygen atoms in total. The van der Waals surface area contributed by atoms with E-state index in [1.165, 1.54) is 5.56 Å². The highest BCUT2D eigenvalue weighted by molar-refractivity contribution is 6.31. The second-order valence-corrected chi connectivity index (χ2v) is 6.02. The minimum absolute atomic E-state index is 0.0482. The maximum absolute atomic E-state index is 12.5. The van der Waals surface area contributed by atoms with Crippen molar-refractivity contribution in [3.63, 3.8) is 0 Å². The zero-order valence-electron chi connectivity index (χ0n) is 13.1. The number of nitrogens with zero attached hydrogens (tertiary/aromatic N) is 2. The Hall–Kier alpha value is -2.17. The molecule has 0 aliphatic rings. The van der Waals surface area contributed by atoms with Gasteiger partial charge in [-0.2, -0.15) is 0 Å². The highest BCUT2D eigenvalue weighted by Gasteiger charge is 2.14. The lowest BCUT2D eigenvalue weighted by molar-refractivity contribution is 0.520. The molecule has 3 rings (SSSR count). The highest BCUT2D eigenvalue weighted by Crippen LogP contribution is 2.17. The molecule has 118 valence electrons. The van der Waals surface area contributed by atoms with Crippen molar-refractivity contribution in [3.8, 4) is 0 Å². The van der Waals surface area contributed by atoms with Crippen LogP contribution in [0, 0.1) is 0 Å². The van der Waals surface area contributed by atoms with Gasteiger partial charge in [0.2, 0.25) is 0 Å². The summed E-state index contributed by atoms with van der Waals surface area (Å²) >= 11 is 5.97. The number of benzene rings is 2. The molecular weight excluding hydrogens is 310 g/mol. The third-order valence-electron chi connectivity index (χ3n) is 3.91. The van der Waals surface area contributed by atoms with E-state index < -0.39 is 0 Å². The van der Waals surface area contributed by atoms with Crippen LogP contribution in [0.2, 0.25) is 5.02 Å². The van der Waals surface area contributed by atoms with Crippen molar-refractivity contribution >= 4 is 22.5 Å². The average Bonchev–Trinajstić information content (AvgIpc) is 2.57. The van der Waals surface area contributed by atoms with Crippen LogP contribution < -0.4 is 10.9 Å². The summed E-state index contributed by atoms with van der Waals surface area (Å²) in [7, 11) is 1.74. The van der Waals surface area contributed by atoms with Gasteiger partial charge in [0.25, 0.3) is 5.56 Å². The van der Waals surface area contributed by atoms with Gasteiger partial charge in [-0.3, -0.25) is 9.36 Å². The Morgan fingerprint density at radius 3 is 2.70 bits per heavy atom. The molecule has 0 saturated heterocycles. The molecule has 1 heterocycles. The molecule has 0 aliphatic heterocycles. The van der Waals surface area contributed by atoms with E-state index in [4.69, 9.17) is 11.6 Å². The van der Waals surface area contributed by atoms with Gasteiger partial charge in [-0.25, -0.2) is 4.98 Å². The second kappa shape index (κ2) is 6.52. The van der Waals surface area contributed by atoms with Crippen molar-refractivity contribution in [2.45, 2.75) is 19.5 Å². The Labute approximate surface area is 139 Å². The third-order valence-corrected chi connectivity index (χ3v) is 4.15. The molecule has 0 fully saturated rings. The van der Waals surface area contributed by atoms with Crippen LogP contribution in [0.3, 0.4) is 0 Å². The molecule has 1 aromatic heterocycles. The van der Waals surface area contributed by atoms with Gasteiger partial charge in [0.1, 0.15) is 5.82 Å². The minimum atomic E-state index is -0.0825. The van der Waals surface area contributed by atoms with Crippen LogP contribution in [0.15, 0.2) is 53.3 Å². The molecule has 0 unspecified atom stereocenters. The van der Waals surface area contributed by atoms with E-state index in [9.17, 15) is 4.79 Å². The Morgan fingerprint density at radius 1 is 1.22 bits per heavy atom. The van der Waals surface area contributed by atoms with Gasteiger partial charge < -0.3 is 5.32 Å². The van der Waals surface area contributed by atoms with Gasteiger partial charge in [0.05, 0.1) is 16.9 Å². The molecule has 0 amide bonds. The first kappa shape index (κ1) is 15.7. The third kappa shape index (κ3) is 3.28. The molecule has 0 bridgehead atoms. The quantitative estimate of drug-likeness (QED) is 0.798. The highest BCUT2D eigenvalue weighted by atomic mass is 35.5. The zero-order chi connectivity index (χ0) is 16.4. The van der Waals surface area contributed by atoms with Gasteiger partial charge >= 0.3 is 0 Å². The van der Waals surface area contributed by atoms with Gasteiger partial charge in [-0.05, 0) is 30.7 Å². The molecular formula is C18H18ClN3O. The largest absolute Gasteiger partial charge is 0.303 e. The number of hydrogen-bond donors (Lipinski definition) is 1. The summed E-state index contributed by atoms with van der Waals surface area (Å²) in [6, 6.07) is 15.3. The summed E-state index contributed by atoms with van der Waals surface area (Å²) in [6.45, 7) is 2.73. The predicted octanol–water partition coefficient (Wildman–Crippen LogP) is 3.44. The second-order valence-electron chi connectivity index (χ2n) is 5.58. The number of halogens is 1. The van der Waals surface area contributed by atoms with E-state index in [1.54, 1.807) is 29.8 Å². The van der Waals surface area contributed by atoms with Crippen LogP contribution in [0.5, 0.6) is 0 Å². The van der Waals surface area contributed by atoms with Crippen LogP contribution in [0.1, 0.15) is 24.4 Å².